The molecule has 0 radical (unpaired) electrons. The number of allylic oxidation sites excluding steroid dienone is 2. The number of rotatable bonds is 1. The van der Waals surface area contributed by atoms with Crippen molar-refractivity contribution in [3.05, 3.63) is 34.7 Å². The summed E-state index contributed by atoms with van der Waals surface area (Å²) < 4.78 is 0. The normalized spacial score (nSPS) is 19.1. The summed E-state index contributed by atoms with van der Waals surface area (Å²) in [5, 5.41) is 1.80. The summed E-state index contributed by atoms with van der Waals surface area (Å²) in [5.41, 5.74) is 1.07. The quantitative estimate of drug-likeness (QED) is 0.650. The minimum absolute atomic E-state index is 0.134. The highest BCUT2D eigenvalue weighted by Gasteiger charge is 2.09. The number of aromatic nitrogens is 2. The van der Waals surface area contributed by atoms with Gasteiger partial charge in [0.1, 0.15) is 12.1 Å². The van der Waals surface area contributed by atoms with Gasteiger partial charge in [0.2, 0.25) is 0 Å². The number of carbonyl (C=O) groups is 1. The Hall–Kier alpha value is -1.77. The molecule has 1 aromatic heterocycles. The number of Topliss-reactive ketones (excluding diaryl/α,β-unsaturated/α-hetero) is 1. The summed E-state index contributed by atoms with van der Waals surface area (Å²) in [7, 11) is 0. The molecule has 15 heavy (non-hydrogen) atoms. The summed E-state index contributed by atoms with van der Waals surface area (Å²) >= 11 is 0. The van der Waals surface area contributed by atoms with Crippen LogP contribution in [-0.2, 0) is 4.79 Å². The van der Waals surface area contributed by atoms with E-state index in [2.05, 4.69) is 9.97 Å². The van der Waals surface area contributed by atoms with Gasteiger partial charge in [-0.15, -0.1) is 0 Å². The van der Waals surface area contributed by atoms with Crippen molar-refractivity contribution in [2.75, 3.05) is 0 Å². The molecule has 1 heterocycles. The van der Waals surface area contributed by atoms with Crippen molar-refractivity contribution in [3.8, 4) is 0 Å². The second-order valence-electron chi connectivity index (χ2n) is 3.72. The predicted molar refractivity (Wildman–Crippen MR) is 58.1 cm³/mol. The molecule has 1 aliphatic rings. The standard InChI is InChI=1S/C12H12N2O/c1-8-3-10(9(2)15)5-12-11(4-8)6-13-7-14-12/h3-7,10H,1-2H3/t10-/m1/s1. The lowest BCUT2D eigenvalue weighted by Crippen LogP contribution is -2.29. The number of ketones is 1. The summed E-state index contributed by atoms with van der Waals surface area (Å²) in [6.07, 6.45) is 9.09. The molecule has 0 spiro atoms. The zero-order valence-electron chi connectivity index (χ0n) is 8.77. The fraction of sp³-hybridized carbons (Fsp3) is 0.250. The molecule has 0 N–H and O–H groups in total. The van der Waals surface area contributed by atoms with E-state index in [9.17, 15) is 4.79 Å². The van der Waals surface area contributed by atoms with Crippen molar-refractivity contribution < 1.29 is 4.79 Å². The van der Waals surface area contributed by atoms with Crippen LogP contribution in [0.5, 0.6) is 0 Å². The van der Waals surface area contributed by atoms with Crippen LogP contribution >= 0.6 is 0 Å². The maximum atomic E-state index is 11.4. The third kappa shape index (κ3) is 2.01. The smallest absolute Gasteiger partial charge is 0.140 e. The van der Waals surface area contributed by atoms with Crippen molar-refractivity contribution in [1.82, 2.24) is 9.97 Å². The van der Waals surface area contributed by atoms with Crippen LogP contribution in [0.3, 0.4) is 0 Å². The molecule has 0 aliphatic heterocycles. The van der Waals surface area contributed by atoms with Gasteiger partial charge in [-0.3, -0.25) is 4.79 Å². The number of nitrogens with zero attached hydrogens (tertiary/aromatic N) is 2. The maximum absolute atomic E-state index is 11.4. The molecule has 1 aliphatic carbocycles. The van der Waals surface area contributed by atoms with E-state index in [0.717, 1.165) is 16.1 Å². The van der Waals surface area contributed by atoms with Crippen LogP contribution in [0, 0.1) is 5.92 Å². The third-order valence-electron chi connectivity index (χ3n) is 2.41. The second kappa shape index (κ2) is 3.77. The molecule has 1 atom stereocenters. The van der Waals surface area contributed by atoms with Gasteiger partial charge in [-0.1, -0.05) is 11.6 Å². The summed E-state index contributed by atoms with van der Waals surface area (Å²) in [6.45, 7) is 3.57. The first-order valence-corrected chi connectivity index (χ1v) is 4.85. The van der Waals surface area contributed by atoms with Crippen molar-refractivity contribution in [2.45, 2.75) is 13.8 Å². The minimum atomic E-state index is -0.169. The fourth-order valence-corrected chi connectivity index (χ4v) is 1.63. The SMILES string of the molecule is CC(=O)[C@@H]1C=C(C)C=c2cncnc2=C1. The van der Waals surface area contributed by atoms with Gasteiger partial charge in [-0.2, -0.15) is 0 Å². The molecule has 76 valence electrons. The number of fused-ring (bicyclic) bond motifs is 1. The van der Waals surface area contributed by atoms with Gasteiger partial charge >= 0.3 is 0 Å². The van der Waals surface area contributed by atoms with Gasteiger partial charge in [0.05, 0.1) is 11.3 Å². The third-order valence-corrected chi connectivity index (χ3v) is 2.41. The Balaban J connectivity index is 2.69. The van der Waals surface area contributed by atoms with Crippen molar-refractivity contribution in [1.29, 1.82) is 0 Å². The average molecular weight is 200 g/mol. The second-order valence-corrected chi connectivity index (χ2v) is 3.72. The molecular weight excluding hydrogens is 188 g/mol. The highest BCUT2D eigenvalue weighted by molar-refractivity contribution is 5.86. The molecule has 0 amide bonds. The van der Waals surface area contributed by atoms with E-state index in [1.165, 1.54) is 6.33 Å². The van der Waals surface area contributed by atoms with Gasteiger partial charge in [-0.25, -0.2) is 9.97 Å². The topological polar surface area (TPSA) is 42.9 Å². The molecule has 3 nitrogen and oxygen atoms in total. The van der Waals surface area contributed by atoms with Crippen molar-refractivity contribution in [3.63, 3.8) is 0 Å². The summed E-state index contributed by atoms with van der Waals surface area (Å²) in [5.74, 6) is -0.0355. The van der Waals surface area contributed by atoms with Crippen LogP contribution < -0.4 is 10.6 Å². The van der Waals surface area contributed by atoms with E-state index in [0.29, 0.717) is 0 Å². The maximum Gasteiger partial charge on any atom is 0.140 e. The Labute approximate surface area is 87.9 Å². The molecule has 0 bridgehead atoms. The van der Waals surface area contributed by atoms with Crippen LogP contribution in [0.4, 0.5) is 0 Å². The molecule has 3 heteroatoms. The summed E-state index contributed by atoms with van der Waals surface area (Å²) in [6, 6.07) is 0. The molecule has 2 rings (SSSR count). The number of carbonyl (C=O) groups excluding carboxylic acids is 1. The Morgan fingerprint density at radius 2 is 2.20 bits per heavy atom. The van der Waals surface area contributed by atoms with E-state index in [1.54, 1.807) is 13.1 Å². The zero-order valence-corrected chi connectivity index (χ0v) is 8.77. The number of hydrogen-bond acceptors (Lipinski definition) is 3. The van der Waals surface area contributed by atoms with Crippen molar-refractivity contribution in [2.24, 2.45) is 5.92 Å². The predicted octanol–water partition coefficient (Wildman–Crippen LogP) is 0.203. The van der Waals surface area contributed by atoms with E-state index >= 15 is 0 Å². The van der Waals surface area contributed by atoms with Gasteiger partial charge in [0.25, 0.3) is 0 Å². The number of hydrogen-bond donors (Lipinski definition) is 0. The average Bonchev–Trinajstić information content (AvgIpc) is 2.35. The Bertz CT molecular complexity index is 543. The first kappa shape index (κ1) is 9.77. The molecular formula is C12H12N2O. The first-order valence-electron chi connectivity index (χ1n) is 4.85. The molecule has 0 aromatic carbocycles. The van der Waals surface area contributed by atoms with Gasteiger partial charge in [-0.05, 0) is 26.0 Å². The molecule has 0 fully saturated rings. The lowest BCUT2D eigenvalue weighted by atomic mass is 10.0. The Kier molecular flexibility index (Phi) is 2.46. The van der Waals surface area contributed by atoms with Crippen LogP contribution in [0.2, 0.25) is 0 Å². The van der Waals surface area contributed by atoms with E-state index < -0.39 is 0 Å². The monoisotopic (exact) mass is 200 g/mol. The fourth-order valence-electron chi connectivity index (χ4n) is 1.63. The molecule has 0 saturated heterocycles. The van der Waals surface area contributed by atoms with Crippen LogP contribution in [-0.4, -0.2) is 15.8 Å². The molecule has 1 aromatic rings. The van der Waals surface area contributed by atoms with Crippen LogP contribution in [0.1, 0.15) is 13.8 Å². The molecule has 0 saturated carbocycles. The van der Waals surface area contributed by atoms with E-state index in [4.69, 9.17) is 0 Å². The Morgan fingerprint density at radius 1 is 1.40 bits per heavy atom. The van der Waals surface area contributed by atoms with Gasteiger partial charge in [0, 0.05) is 11.4 Å². The van der Waals surface area contributed by atoms with Crippen LogP contribution in [0.25, 0.3) is 12.2 Å². The highest BCUT2D eigenvalue weighted by atomic mass is 16.1. The van der Waals surface area contributed by atoms with Crippen molar-refractivity contribution >= 4 is 17.9 Å². The minimum Gasteiger partial charge on any atom is -0.299 e. The van der Waals surface area contributed by atoms with Gasteiger partial charge < -0.3 is 0 Å². The van der Waals surface area contributed by atoms with E-state index in [1.807, 2.05) is 25.2 Å². The lowest BCUT2D eigenvalue weighted by molar-refractivity contribution is -0.117. The first-order chi connectivity index (χ1) is 7.16. The Morgan fingerprint density at radius 3 is 2.93 bits per heavy atom. The van der Waals surface area contributed by atoms with E-state index in [-0.39, 0.29) is 11.7 Å². The summed E-state index contributed by atoms with van der Waals surface area (Å²) in [4.78, 5) is 19.5. The molecule has 0 unspecified atom stereocenters. The lowest BCUT2D eigenvalue weighted by Gasteiger charge is -2.00. The zero-order chi connectivity index (χ0) is 10.8. The highest BCUT2D eigenvalue weighted by Crippen LogP contribution is 2.08. The van der Waals surface area contributed by atoms with Crippen LogP contribution in [0.15, 0.2) is 24.2 Å². The largest absolute Gasteiger partial charge is 0.299 e. The van der Waals surface area contributed by atoms with Gasteiger partial charge in [0.15, 0.2) is 0 Å².